The van der Waals surface area contributed by atoms with Crippen LogP contribution in [0.3, 0.4) is 0 Å². The summed E-state index contributed by atoms with van der Waals surface area (Å²) >= 11 is 0. The molecule has 2 saturated heterocycles. The quantitative estimate of drug-likeness (QED) is 0.825. The summed E-state index contributed by atoms with van der Waals surface area (Å²) in [6.07, 6.45) is 3.02. The lowest BCUT2D eigenvalue weighted by atomic mass is 10.0. The number of carbonyl (C=O) groups excluding carboxylic acids is 1. The molecule has 2 fully saturated rings. The largest absolute Gasteiger partial charge is 0.341 e. The maximum absolute atomic E-state index is 12.3. The Morgan fingerprint density at radius 3 is 2.45 bits per heavy atom. The number of piperidine rings is 1. The molecule has 0 aromatic rings. The number of rotatable bonds is 4. The Morgan fingerprint density at radius 2 is 1.85 bits per heavy atom. The Balaban J connectivity index is 1.88. The summed E-state index contributed by atoms with van der Waals surface area (Å²) in [5.41, 5.74) is 0. The zero-order valence-corrected chi connectivity index (χ0v) is 13.2. The monoisotopic (exact) mass is 303 g/mol. The summed E-state index contributed by atoms with van der Waals surface area (Å²) in [5, 5.41) is 0. The van der Waals surface area contributed by atoms with E-state index in [9.17, 15) is 13.2 Å². The van der Waals surface area contributed by atoms with Gasteiger partial charge in [-0.05, 0) is 25.2 Å². The third-order valence-electron chi connectivity index (χ3n) is 4.24. The molecule has 7 heteroatoms. The van der Waals surface area contributed by atoms with Gasteiger partial charge in [-0.1, -0.05) is 13.8 Å². The molecule has 2 aliphatic heterocycles. The smallest absolute Gasteiger partial charge is 0.279 e. The van der Waals surface area contributed by atoms with E-state index < -0.39 is 10.2 Å². The first kappa shape index (κ1) is 15.7. The zero-order chi connectivity index (χ0) is 14.8. The highest BCUT2D eigenvalue weighted by Gasteiger charge is 2.32. The lowest BCUT2D eigenvalue weighted by Gasteiger charge is -2.30. The molecule has 0 bridgehead atoms. The van der Waals surface area contributed by atoms with E-state index in [1.54, 1.807) is 4.90 Å². The zero-order valence-electron chi connectivity index (χ0n) is 12.3. The van der Waals surface area contributed by atoms with Crippen molar-refractivity contribution in [2.45, 2.75) is 45.6 Å². The van der Waals surface area contributed by atoms with Crippen LogP contribution in [-0.2, 0) is 15.0 Å². The molecule has 116 valence electrons. The molecule has 0 saturated carbocycles. The van der Waals surface area contributed by atoms with Crippen molar-refractivity contribution in [3.63, 3.8) is 0 Å². The first-order valence-corrected chi connectivity index (χ1v) is 8.91. The highest BCUT2D eigenvalue weighted by atomic mass is 32.2. The van der Waals surface area contributed by atoms with E-state index in [4.69, 9.17) is 0 Å². The van der Waals surface area contributed by atoms with Crippen LogP contribution >= 0.6 is 0 Å². The first-order valence-electron chi connectivity index (χ1n) is 7.47. The van der Waals surface area contributed by atoms with Crippen LogP contribution in [0, 0.1) is 5.92 Å². The SMILES string of the molecule is CCC(=O)N1CCC(NS(=O)(=O)N2CCC(C)CC2)C1. The number of hydrogen-bond donors (Lipinski definition) is 1. The van der Waals surface area contributed by atoms with Crippen molar-refractivity contribution in [3.8, 4) is 0 Å². The minimum atomic E-state index is -3.40. The van der Waals surface area contributed by atoms with Gasteiger partial charge in [0.2, 0.25) is 5.91 Å². The van der Waals surface area contributed by atoms with Crippen molar-refractivity contribution < 1.29 is 13.2 Å². The van der Waals surface area contributed by atoms with E-state index in [-0.39, 0.29) is 11.9 Å². The van der Waals surface area contributed by atoms with Crippen molar-refractivity contribution in [1.82, 2.24) is 13.9 Å². The fourth-order valence-electron chi connectivity index (χ4n) is 2.82. The predicted molar refractivity (Wildman–Crippen MR) is 77.3 cm³/mol. The van der Waals surface area contributed by atoms with Gasteiger partial charge in [0, 0.05) is 38.6 Å². The molecule has 2 aliphatic rings. The number of amides is 1. The van der Waals surface area contributed by atoms with E-state index in [0.29, 0.717) is 44.9 Å². The summed E-state index contributed by atoms with van der Waals surface area (Å²) in [6, 6.07) is -0.144. The standard InChI is InChI=1S/C13H25N3O3S/c1-3-13(17)15-7-6-12(10-15)14-20(18,19)16-8-4-11(2)5-9-16/h11-12,14H,3-10H2,1-2H3. The second-order valence-electron chi connectivity index (χ2n) is 5.88. The Morgan fingerprint density at radius 1 is 1.20 bits per heavy atom. The van der Waals surface area contributed by atoms with Crippen LogP contribution in [0.2, 0.25) is 0 Å². The molecular weight excluding hydrogens is 278 g/mol. The Bertz CT molecular complexity index is 444. The number of nitrogens with one attached hydrogen (secondary N) is 1. The van der Waals surface area contributed by atoms with Crippen molar-refractivity contribution in [2.24, 2.45) is 5.92 Å². The lowest BCUT2D eigenvalue weighted by molar-refractivity contribution is -0.129. The van der Waals surface area contributed by atoms with Gasteiger partial charge in [-0.3, -0.25) is 4.79 Å². The molecule has 1 amide bonds. The molecule has 20 heavy (non-hydrogen) atoms. The van der Waals surface area contributed by atoms with Crippen molar-refractivity contribution in [2.75, 3.05) is 26.2 Å². The fourth-order valence-corrected chi connectivity index (χ4v) is 4.27. The second kappa shape index (κ2) is 6.41. The molecule has 1 atom stereocenters. The van der Waals surface area contributed by atoms with Gasteiger partial charge in [-0.25, -0.2) is 0 Å². The van der Waals surface area contributed by atoms with Gasteiger partial charge < -0.3 is 4.90 Å². The molecule has 0 aromatic carbocycles. The summed E-state index contributed by atoms with van der Waals surface area (Å²) in [4.78, 5) is 13.3. The van der Waals surface area contributed by atoms with Crippen molar-refractivity contribution in [3.05, 3.63) is 0 Å². The molecule has 1 unspecified atom stereocenters. The first-order chi connectivity index (χ1) is 9.42. The van der Waals surface area contributed by atoms with Gasteiger partial charge in [0.15, 0.2) is 0 Å². The van der Waals surface area contributed by atoms with Crippen LogP contribution < -0.4 is 4.72 Å². The maximum Gasteiger partial charge on any atom is 0.279 e. The summed E-state index contributed by atoms with van der Waals surface area (Å²) in [6.45, 7) is 6.33. The normalized spacial score (nSPS) is 26.1. The van der Waals surface area contributed by atoms with Crippen molar-refractivity contribution >= 4 is 16.1 Å². The van der Waals surface area contributed by atoms with E-state index in [1.807, 2.05) is 6.92 Å². The summed E-state index contributed by atoms with van der Waals surface area (Å²) in [5.74, 6) is 0.698. The molecule has 0 aliphatic carbocycles. The van der Waals surface area contributed by atoms with Crippen LogP contribution in [0.1, 0.15) is 39.5 Å². The number of hydrogen-bond acceptors (Lipinski definition) is 3. The number of nitrogens with zero attached hydrogens (tertiary/aromatic N) is 2. The molecule has 2 rings (SSSR count). The van der Waals surface area contributed by atoms with E-state index in [0.717, 1.165) is 12.8 Å². The average Bonchev–Trinajstić information content (AvgIpc) is 2.86. The van der Waals surface area contributed by atoms with Gasteiger partial charge >= 0.3 is 0 Å². The highest BCUT2D eigenvalue weighted by Crippen LogP contribution is 2.19. The Labute approximate surface area is 121 Å². The Hall–Kier alpha value is -0.660. The lowest BCUT2D eigenvalue weighted by Crippen LogP contribution is -2.48. The maximum atomic E-state index is 12.3. The molecular formula is C13H25N3O3S. The van der Waals surface area contributed by atoms with Crippen LogP contribution in [0.4, 0.5) is 0 Å². The highest BCUT2D eigenvalue weighted by molar-refractivity contribution is 7.87. The molecule has 0 radical (unpaired) electrons. The molecule has 0 spiro atoms. The second-order valence-corrected chi connectivity index (χ2v) is 7.59. The van der Waals surface area contributed by atoms with Crippen LogP contribution in [0.15, 0.2) is 0 Å². The van der Waals surface area contributed by atoms with Crippen LogP contribution in [0.5, 0.6) is 0 Å². The predicted octanol–water partition coefficient (Wildman–Crippen LogP) is 0.564. The van der Waals surface area contributed by atoms with E-state index >= 15 is 0 Å². The Kier molecular flexibility index (Phi) is 5.04. The van der Waals surface area contributed by atoms with Gasteiger partial charge in [0.25, 0.3) is 10.2 Å². The van der Waals surface area contributed by atoms with Gasteiger partial charge in [-0.15, -0.1) is 0 Å². The van der Waals surface area contributed by atoms with Gasteiger partial charge in [0.05, 0.1) is 0 Å². The topological polar surface area (TPSA) is 69.7 Å². The average molecular weight is 303 g/mol. The third-order valence-corrected chi connectivity index (χ3v) is 5.92. The van der Waals surface area contributed by atoms with Gasteiger partial charge in [0.1, 0.15) is 0 Å². The van der Waals surface area contributed by atoms with E-state index in [1.165, 1.54) is 4.31 Å². The molecule has 0 aromatic heterocycles. The summed E-state index contributed by atoms with van der Waals surface area (Å²) in [7, 11) is -3.40. The molecule has 1 N–H and O–H groups in total. The van der Waals surface area contributed by atoms with Crippen LogP contribution in [-0.4, -0.2) is 55.8 Å². The molecule has 2 heterocycles. The minimum Gasteiger partial charge on any atom is -0.341 e. The fraction of sp³-hybridized carbons (Fsp3) is 0.923. The number of carbonyl (C=O) groups is 1. The summed E-state index contributed by atoms with van der Waals surface area (Å²) < 4.78 is 28.9. The number of likely N-dealkylation sites (tertiary alicyclic amines) is 1. The van der Waals surface area contributed by atoms with Crippen molar-refractivity contribution in [1.29, 1.82) is 0 Å². The van der Waals surface area contributed by atoms with E-state index in [2.05, 4.69) is 11.6 Å². The minimum absolute atomic E-state index is 0.0958. The molecule has 6 nitrogen and oxygen atoms in total. The third kappa shape index (κ3) is 3.71. The van der Waals surface area contributed by atoms with Crippen LogP contribution in [0.25, 0.3) is 0 Å². The van der Waals surface area contributed by atoms with Gasteiger partial charge in [-0.2, -0.15) is 17.4 Å².